The van der Waals surface area contributed by atoms with Crippen LogP contribution >= 0.6 is 0 Å². The second kappa shape index (κ2) is 10.1. The Morgan fingerprint density at radius 1 is 1.15 bits per heavy atom. The van der Waals surface area contributed by atoms with Gasteiger partial charge in [-0.2, -0.15) is 0 Å². The lowest BCUT2D eigenvalue weighted by Gasteiger charge is -2.39. The Balaban J connectivity index is 1.39. The van der Waals surface area contributed by atoms with Crippen LogP contribution in [0, 0.1) is 5.92 Å². The van der Waals surface area contributed by atoms with Crippen molar-refractivity contribution in [3.05, 3.63) is 29.8 Å². The molecule has 1 saturated heterocycles. The van der Waals surface area contributed by atoms with Crippen LogP contribution < -0.4 is 10.1 Å². The highest BCUT2D eigenvalue weighted by atomic mass is 16.5. The lowest BCUT2D eigenvalue weighted by molar-refractivity contribution is -0.123. The molecule has 1 aliphatic carbocycles. The molecule has 0 aromatic heterocycles. The number of nitrogens with zero attached hydrogens (tertiary/aromatic N) is 1. The summed E-state index contributed by atoms with van der Waals surface area (Å²) >= 11 is 0. The highest BCUT2D eigenvalue weighted by Crippen LogP contribution is 2.28. The van der Waals surface area contributed by atoms with Gasteiger partial charge >= 0.3 is 0 Å². The average Bonchev–Trinajstić information content (AvgIpc) is 2.69. The van der Waals surface area contributed by atoms with Crippen molar-refractivity contribution >= 4 is 5.91 Å². The molecule has 4 heteroatoms. The van der Waals surface area contributed by atoms with Crippen molar-refractivity contribution in [1.29, 1.82) is 0 Å². The van der Waals surface area contributed by atoms with E-state index in [1.807, 2.05) is 18.2 Å². The van der Waals surface area contributed by atoms with Crippen LogP contribution in [0.1, 0.15) is 63.9 Å². The highest BCUT2D eigenvalue weighted by molar-refractivity contribution is 5.76. The molecule has 1 aromatic carbocycles. The number of hydrogen-bond acceptors (Lipinski definition) is 3. The largest absolute Gasteiger partial charge is 0.496 e. The summed E-state index contributed by atoms with van der Waals surface area (Å²) in [6.45, 7) is 4.44. The molecule has 2 fully saturated rings. The van der Waals surface area contributed by atoms with Gasteiger partial charge in [-0.3, -0.25) is 4.79 Å². The number of amides is 1. The number of benzene rings is 1. The quantitative estimate of drug-likeness (QED) is 0.781. The number of carbonyl (C=O) groups excluding carboxylic acids is 1. The fourth-order valence-corrected chi connectivity index (χ4v) is 4.82. The zero-order valence-electron chi connectivity index (χ0n) is 17.1. The zero-order chi connectivity index (χ0) is 19.1. The van der Waals surface area contributed by atoms with E-state index < -0.39 is 0 Å². The first-order chi connectivity index (χ1) is 13.2. The summed E-state index contributed by atoms with van der Waals surface area (Å²) in [5.41, 5.74) is 1.15. The SMILES string of the molecule is COc1ccccc1C[C@H](C)NC(=O)CC1CCN(C2CCCCC2)CC1. The van der Waals surface area contributed by atoms with Crippen LogP contribution in [0.25, 0.3) is 0 Å². The maximum absolute atomic E-state index is 12.5. The van der Waals surface area contributed by atoms with Gasteiger partial charge in [0.15, 0.2) is 0 Å². The van der Waals surface area contributed by atoms with E-state index in [0.29, 0.717) is 12.3 Å². The van der Waals surface area contributed by atoms with Gasteiger partial charge in [0.25, 0.3) is 0 Å². The molecule has 27 heavy (non-hydrogen) atoms. The predicted molar refractivity (Wildman–Crippen MR) is 110 cm³/mol. The van der Waals surface area contributed by atoms with E-state index in [1.165, 1.54) is 58.0 Å². The Hall–Kier alpha value is -1.55. The second-order valence-corrected chi connectivity index (χ2v) is 8.46. The predicted octanol–water partition coefficient (Wildman–Crippen LogP) is 4.18. The monoisotopic (exact) mass is 372 g/mol. The topological polar surface area (TPSA) is 41.6 Å². The van der Waals surface area contributed by atoms with Crippen molar-refractivity contribution in [2.75, 3.05) is 20.2 Å². The minimum Gasteiger partial charge on any atom is -0.496 e. The summed E-state index contributed by atoms with van der Waals surface area (Å²) in [4.78, 5) is 15.2. The first-order valence-electron chi connectivity index (χ1n) is 10.8. The summed E-state index contributed by atoms with van der Waals surface area (Å²) in [5.74, 6) is 1.64. The maximum atomic E-state index is 12.5. The molecule has 1 aliphatic heterocycles. The number of para-hydroxylation sites is 1. The Morgan fingerprint density at radius 2 is 1.85 bits per heavy atom. The normalized spacial score (nSPS) is 21.0. The van der Waals surface area contributed by atoms with Crippen molar-refractivity contribution in [3.63, 3.8) is 0 Å². The number of methoxy groups -OCH3 is 1. The van der Waals surface area contributed by atoms with Crippen molar-refractivity contribution in [1.82, 2.24) is 10.2 Å². The third-order valence-corrected chi connectivity index (χ3v) is 6.34. The molecular weight excluding hydrogens is 336 g/mol. The molecule has 1 heterocycles. The van der Waals surface area contributed by atoms with Crippen molar-refractivity contribution in [3.8, 4) is 5.75 Å². The van der Waals surface area contributed by atoms with Gasteiger partial charge in [-0.05, 0) is 69.7 Å². The van der Waals surface area contributed by atoms with E-state index in [1.54, 1.807) is 7.11 Å². The van der Waals surface area contributed by atoms with Gasteiger partial charge in [-0.1, -0.05) is 37.5 Å². The van der Waals surface area contributed by atoms with Gasteiger partial charge in [0.05, 0.1) is 7.11 Å². The van der Waals surface area contributed by atoms with Crippen LogP contribution in [0.15, 0.2) is 24.3 Å². The fourth-order valence-electron chi connectivity index (χ4n) is 4.82. The van der Waals surface area contributed by atoms with Crippen LogP contribution in [-0.2, 0) is 11.2 Å². The second-order valence-electron chi connectivity index (χ2n) is 8.46. The minimum absolute atomic E-state index is 0.121. The molecule has 0 bridgehead atoms. The standard InChI is InChI=1S/C23H36N2O2/c1-18(16-20-8-6-7-11-22(20)27-2)24-23(26)17-19-12-14-25(15-13-19)21-9-4-3-5-10-21/h6-8,11,18-19,21H,3-5,9-10,12-17H2,1-2H3,(H,24,26)/t18-/m0/s1. The molecule has 0 unspecified atom stereocenters. The molecule has 1 amide bonds. The lowest BCUT2D eigenvalue weighted by Crippen LogP contribution is -2.43. The summed E-state index contributed by atoms with van der Waals surface area (Å²) in [6.07, 6.45) is 10.8. The van der Waals surface area contributed by atoms with Crippen LogP contribution in [0.4, 0.5) is 0 Å². The van der Waals surface area contributed by atoms with E-state index in [0.717, 1.165) is 23.8 Å². The van der Waals surface area contributed by atoms with E-state index in [9.17, 15) is 4.79 Å². The third-order valence-electron chi connectivity index (χ3n) is 6.34. The van der Waals surface area contributed by atoms with Crippen LogP contribution in [0.5, 0.6) is 5.75 Å². The van der Waals surface area contributed by atoms with Gasteiger partial charge in [0.2, 0.25) is 5.91 Å². The number of carbonyl (C=O) groups is 1. The number of hydrogen-bond donors (Lipinski definition) is 1. The Bertz CT molecular complexity index is 590. The summed E-state index contributed by atoms with van der Waals surface area (Å²) in [7, 11) is 1.70. The summed E-state index contributed by atoms with van der Waals surface area (Å²) in [5, 5.41) is 3.19. The number of ether oxygens (including phenoxy) is 1. The van der Waals surface area contributed by atoms with E-state index in [-0.39, 0.29) is 11.9 Å². The molecule has 3 rings (SSSR count). The summed E-state index contributed by atoms with van der Waals surface area (Å²) < 4.78 is 5.42. The van der Waals surface area contributed by atoms with E-state index >= 15 is 0 Å². The smallest absolute Gasteiger partial charge is 0.220 e. The number of nitrogens with one attached hydrogen (secondary N) is 1. The van der Waals surface area contributed by atoms with Crippen molar-refractivity contribution < 1.29 is 9.53 Å². The molecule has 0 radical (unpaired) electrons. The molecule has 1 aromatic rings. The molecule has 150 valence electrons. The maximum Gasteiger partial charge on any atom is 0.220 e. The van der Waals surface area contributed by atoms with Gasteiger partial charge < -0.3 is 15.0 Å². The molecule has 2 aliphatic rings. The molecule has 1 N–H and O–H groups in total. The highest BCUT2D eigenvalue weighted by Gasteiger charge is 2.27. The fraction of sp³-hybridized carbons (Fsp3) is 0.696. The van der Waals surface area contributed by atoms with Gasteiger partial charge in [-0.25, -0.2) is 0 Å². The molecule has 0 spiro atoms. The Morgan fingerprint density at radius 3 is 2.56 bits per heavy atom. The molecule has 4 nitrogen and oxygen atoms in total. The van der Waals surface area contributed by atoms with Crippen LogP contribution in [0.3, 0.4) is 0 Å². The van der Waals surface area contributed by atoms with Gasteiger partial charge in [-0.15, -0.1) is 0 Å². The van der Waals surface area contributed by atoms with Crippen LogP contribution in [0.2, 0.25) is 0 Å². The molecular formula is C23H36N2O2. The first kappa shape index (κ1) is 20.2. The Labute approximate surface area is 164 Å². The van der Waals surface area contributed by atoms with E-state index in [4.69, 9.17) is 4.74 Å². The molecule has 1 saturated carbocycles. The lowest BCUT2D eigenvalue weighted by atomic mass is 9.88. The van der Waals surface area contributed by atoms with Crippen LogP contribution in [-0.4, -0.2) is 43.1 Å². The zero-order valence-corrected chi connectivity index (χ0v) is 17.1. The van der Waals surface area contributed by atoms with Crippen molar-refractivity contribution in [2.45, 2.75) is 76.8 Å². The first-order valence-corrected chi connectivity index (χ1v) is 10.8. The number of likely N-dealkylation sites (tertiary alicyclic amines) is 1. The third kappa shape index (κ3) is 5.97. The van der Waals surface area contributed by atoms with E-state index in [2.05, 4.69) is 23.2 Å². The Kier molecular flexibility index (Phi) is 7.57. The summed E-state index contributed by atoms with van der Waals surface area (Å²) in [6, 6.07) is 8.98. The average molecular weight is 373 g/mol. The minimum atomic E-state index is 0.121. The van der Waals surface area contributed by atoms with Crippen molar-refractivity contribution in [2.24, 2.45) is 5.92 Å². The number of piperidine rings is 1. The number of rotatable bonds is 7. The van der Waals surface area contributed by atoms with Gasteiger partial charge in [0.1, 0.15) is 5.75 Å². The molecule has 1 atom stereocenters. The van der Waals surface area contributed by atoms with Gasteiger partial charge in [0, 0.05) is 18.5 Å².